The van der Waals surface area contributed by atoms with Crippen molar-refractivity contribution in [2.45, 2.75) is 13.0 Å². The molecular formula is C12H12N4O3. The van der Waals surface area contributed by atoms with E-state index in [2.05, 4.69) is 10.1 Å². The van der Waals surface area contributed by atoms with Crippen molar-refractivity contribution in [2.75, 3.05) is 6.54 Å². The van der Waals surface area contributed by atoms with E-state index >= 15 is 0 Å². The first-order valence-corrected chi connectivity index (χ1v) is 5.86. The fourth-order valence-corrected chi connectivity index (χ4v) is 2.18. The van der Waals surface area contributed by atoms with Crippen LogP contribution < -0.4 is 0 Å². The molecule has 98 valence electrons. The second kappa shape index (κ2) is 4.27. The van der Waals surface area contributed by atoms with Gasteiger partial charge in [0.15, 0.2) is 5.82 Å². The molecule has 7 heteroatoms. The topological polar surface area (TPSA) is 91.5 Å². The molecule has 2 N–H and O–H groups in total. The summed E-state index contributed by atoms with van der Waals surface area (Å²) in [4.78, 5) is 16.3. The predicted molar refractivity (Wildman–Crippen MR) is 65.2 cm³/mol. The number of aromatic nitrogens is 3. The van der Waals surface area contributed by atoms with Gasteiger partial charge in [0.1, 0.15) is 0 Å². The second-order valence-electron chi connectivity index (χ2n) is 4.30. The molecule has 19 heavy (non-hydrogen) atoms. The van der Waals surface area contributed by atoms with Gasteiger partial charge in [-0.1, -0.05) is 6.07 Å². The molecule has 7 nitrogen and oxygen atoms in total. The average Bonchev–Trinajstić information content (AvgIpc) is 2.76. The molecule has 1 aliphatic heterocycles. The van der Waals surface area contributed by atoms with Gasteiger partial charge in [0.25, 0.3) is 0 Å². The fraction of sp³-hybridized carbons (Fsp3) is 0.250. The maximum Gasteiger partial charge on any atom is 0.407 e. The van der Waals surface area contributed by atoms with Crippen molar-refractivity contribution in [1.82, 2.24) is 19.7 Å². The molecule has 0 aromatic carbocycles. The summed E-state index contributed by atoms with van der Waals surface area (Å²) < 4.78 is 1.34. The van der Waals surface area contributed by atoms with Crippen LogP contribution in [-0.4, -0.2) is 42.5 Å². The number of fused-ring (bicyclic) bond motifs is 1. The van der Waals surface area contributed by atoms with E-state index in [0.717, 1.165) is 0 Å². The average molecular weight is 260 g/mol. The first-order chi connectivity index (χ1) is 9.16. The molecule has 0 aliphatic carbocycles. The molecule has 0 radical (unpaired) electrons. The Hall–Kier alpha value is -2.57. The van der Waals surface area contributed by atoms with Gasteiger partial charge in [-0.05, 0) is 18.6 Å². The van der Waals surface area contributed by atoms with Crippen LogP contribution in [0.3, 0.4) is 0 Å². The van der Waals surface area contributed by atoms with Crippen LogP contribution in [0.1, 0.15) is 11.3 Å². The first-order valence-electron chi connectivity index (χ1n) is 5.86. The third-order valence-electron chi connectivity index (χ3n) is 3.15. The van der Waals surface area contributed by atoms with Crippen LogP contribution in [0.5, 0.6) is 5.88 Å². The van der Waals surface area contributed by atoms with E-state index in [0.29, 0.717) is 30.0 Å². The van der Waals surface area contributed by atoms with Gasteiger partial charge in [-0.3, -0.25) is 0 Å². The summed E-state index contributed by atoms with van der Waals surface area (Å²) in [6.07, 6.45) is 1.09. The first kappa shape index (κ1) is 11.5. The Balaban J connectivity index is 2.01. The number of carbonyl (C=O) groups is 1. The van der Waals surface area contributed by atoms with E-state index < -0.39 is 6.09 Å². The maximum absolute atomic E-state index is 10.9. The summed E-state index contributed by atoms with van der Waals surface area (Å²) in [7, 11) is 0. The highest BCUT2D eigenvalue weighted by molar-refractivity contribution is 5.65. The zero-order valence-corrected chi connectivity index (χ0v) is 10.0. The maximum atomic E-state index is 10.9. The third-order valence-corrected chi connectivity index (χ3v) is 3.15. The number of rotatable bonds is 1. The van der Waals surface area contributed by atoms with Gasteiger partial charge in [-0.25, -0.2) is 9.78 Å². The fourth-order valence-electron chi connectivity index (χ4n) is 2.18. The molecule has 0 bridgehead atoms. The molecule has 3 rings (SSSR count). The van der Waals surface area contributed by atoms with Gasteiger partial charge in [-0.2, -0.15) is 9.78 Å². The van der Waals surface area contributed by atoms with Gasteiger partial charge in [0.05, 0.1) is 12.2 Å². The number of aromatic hydroxyl groups is 1. The lowest BCUT2D eigenvalue weighted by atomic mass is 10.1. The summed E-state index contributed by atoms with van der Waals surface area (Å²) in [6, 6.07) is 5.30. The highest BCUT2D eigenvalue weighted by atomic mass is 16.4. The van der Waals surface area contributed by atoms with Crippen LogP contribution in [0.4, 0.5) is 4.79 Å². The van der Waals surface area contributed by atoms with Gasteiger partial charge >= 0.3 is 6.09 Å². The van der Waals surface area contributed by atoms with Crippen LogP contribution in [0.25, 0.3) is 5.82 Å². The largest absolute Gasteiger partial charge is 0.493 e. The lowest BCUT2D eigenvalue weighted by Crippen LogP contribution is -2.34. The highest BCUT2D eigenvalue weighted by Gasteiger charge is 2.27. The molecule has 0 atom stereocenters. The molecule has 2 aromatic rings. The minimum absolute atomic E-state index is 0.0405. The van der Waals surface area contributed by atoms with Crippen molar-refractivity contribution in [1.29, 1.82) is 0 Å². The van der Waals surface area contributed by atoms with E-state index in [9.17, 15) is 9.90 Å². The smallest absolute Gasteiger partial charge is 0.407 e. The summed E-state index contributed by atoms with van der Waals surface area (Å²) in [5.74, 6) is 0.551. The zero-order chi connectivity index (χ0) is 13.4. The lowest BCUT2D eigenvalue weighted by Gasteiger charge is -2.22. The molecule has 0 fully saturated rings. The SMILES string of the molecule is O=C(O)N1CCc2c(nn(-c3ccccn3)c2O)C1. The molecule has 1 amide bonds. The van der Waals surface area contributed by atoms with E-state index in [1.807, 2.05) is 0 Å². The predicted octanol–water partition coefficient (Wildman–Crippen LogP) is 1.01. The van der Waals surface area contributed by atoms with Gasteiger partial charge in [0, 0.05) is 18.3 Å². The van der Waals surface area contributed by atoms with E-state index in [-0.39, 0.29) is 12.4 Å². The lowest BCUT2D eigenvalue weighted by molar-refractivity contribution is 0.139. The van der Waals surface area contributed by atoms with E-state index in [4.69, 9.17) is 5.11 Å². The Bertz CT molecular complexity index is 623. The molecule has 3 heterocycles. The zero-order valence-electron chi connectivity index (χ0n) is 10.0. The van der Waals surface area contributed by atoms with E-state index in [1.165, 1.54) is 9.58 Å². The summed E-state index contributed by atoms with van der Waals surface area (Å²) in [5.41, 5.74) is 1.28. The quantitative estimate of drug-likeness (QED) is 0.798. The Labute approximate surface area is 108 Å². The Morgan fingerprint density at radius 2 is 2.21 bits per heavy atom. The summed E-state index contributed by atoms with van der Waals surface area (Å²) in [5, 5.41) is 23.4. The van der Waals surface area contributed by atoms with Gasteiger partial charge in [0.2, 0.25) is 5.88 Å². The second-order valence-corrected chi connectivity index (χ2v) is 4.30. The molecular weight excluding hydrogens is 248 g/mol. The third kappa shape index (κ3) is 1.88. The molecule has 0 saturated carbocycles. The molecule has 0 unspecified atom stereocenters. The van der Waals surface area contributed by atoms with Crippen molar-refractivity contribution in [2.24, 2.45) is 0 Å². The number of hydrogen-bond acceptors (Lipinski definition) is 4. The molecule has 2 aromatic heterocycles. The van der Waals surface area contributed by atoms with Crippen molar-refractivity contribution in [3.8, 4) is 11.7 Å². The minimum atomic E-state index is -0.975. The van der Waals surface area contributed by atoms with Gasteiger partial charge in [-0.15, -0.1) is 0 Å². The Kier molecular flexibility index (Phi) is 2.59. The van der Waals surface area contributed by atoms with E-state index in [1.54, 1.807) is 24.4 Å². The normalized spacial score (nSPS) is 14.2. The summed E-state index contributed by atoms with van der Waals surface area (Å²) in [6.45, 7) is 0.557. The van der Waals surface area contributed by atoms with Crippen LogP contribution >= 0.6 is 0 Å². The van der Waals surface area contributed by atoms with Crippen molar-refractivity contribution in [3.63, 3.8) is 0 Å². The highest BCUT2D eigenvalue weighted by Crippen LogP contribution is 2.28. The van der Waals surface area contributed by atoms with Crippen LogP contribution in [0.2, 0.25) is 0 Å². The Morgan fingerprint density at radius 3 is 2.89 bits per heavy atom. The standard InChI is InChI=1S/C12H12N4O3/c17-11-8-4-6-15(12(18)19)7-9(8)14-16(11)10-3-1-2-5-13-10/h1-3,5,17H,4,6-7H2,(H,18,19). The summed E-state index contributed by atoms with van der Waals surface area (Å²) >= 11 is 0. The minimum Gasteiger partial charge on any atom is -0.493 e. The van der Waals surface area contributed by atoms with Crippen molar-refractivity contribution < 1.29 is 15.0 Å². The van der Waals surface area contributed by atoms with Crippen LogP contribution in [0.15, 0.2) is 24.4 Å². The number of amides is 1. The van der Waals surface area contributed by atoms with Crippen molar-refractivity contribution >= 4 is 6.09 Å². The number of nitrogens with zero attached hydrogens (tertiary/aromatic N) is 4. The van der Waals surface area contributed by atoms with Gasteiger partial charge < -0.3 is 15.1 Å². The van der Waals surface area contributed by atoms with Crippen molar-refractivity contribution in [3.05, 3.63) is 35.7 Å². The van der Waals surface area contributed by atoms with Crippen LogP contribution in [0, 0.1) is 0 Å². The molecule has 1 aliphatic rings. The molecule has 0 saturated heterocycles. The number of hydrogen-bond donors (Lipinski definition) is 2. The number of pyridine rings is 1. The monoisotopic (exact) mass is 260 g/mol. The Morgan fingerprint density at radius 1 is 1.37 bits per heavy atom. The van der Waals surface area contributed by atoms with Crippen LogP contribution in [-0.2, 0) is 13.0 Å². The molecule has 0 spiro atoms. The number of carboxylic acid groups (broad SMARTS) is 1.